The number of allylic oxidation sites excluding steroid dienone is 1. The molecule has 2 aromatic rings. The molecule has 7 amide bonds. The lowest BCUT2D eigenvalue weighted by atomic mass is 9.91. The van der Waals surface area contributed by atoms with E-state index in [1.165, 1.54) is 43.9 Å². The number of nitrogens with zero attached hydrogens (tertiary/aromatic N) is 4. The van der Waals surface area contributed by atoms with Crippen LogP contribution in [0, 0.1) is 17.8 Å². The number of benzene rings is 2. The van der Waals surface area contributed by atoms with Crippen molar-refractivity contribution in [1.82, 2.24) is 35.6 Å². The maximum Gasteiger partial charge on any atom is 0.247 e. The topological polar surface area (TPSA) is 233 Å². The Labute approximate surface area is 483 Å². The maximum atomic E-state index is 13.5. The number of rotatable bonds is 29. The molecule has 3 aliphatic rings. The molecule has 9 unspecified atom stereocenters. The number of nitrogens with one attached hydrogen (secondary N) is 4. The van der Waals surface area contributed by atoms with Crippen molar-refractivity contribution in [2.24, 2.45) is 17.8 Å². The minimum Gasteiger partial charge on any atom is -0.379 e. The number of likely N-dealkylation sites (N-methyl/N-ethyl adjacent to an activating group) is 3. The van der Waals surface area contributed by atoms with Crippen molar-refractivity contribution in [3.8, 4) is 0 Å². The van der Waals surface area contributed by atoms with Gasteiger partial charge in [0.15, 0.2) is 0 Å². The zero-order chi connectivity index (χ0) is 60.4. The smallest absolute Gasteiger partial charge is 0.247 e. The Morgan fingerprint density at radius 3 is 2.05 bits per heavy atom. The largest absolute Gasteiger partial charge is 0.379 e. The third kappa shape index (κ3) is 23.6. The molecule has 5 rings (SSSR count). The molecule has 19 nitrogen and oxygen atoms in total. The van der Waals surface area contributed by atoms with E-state index >= 15 is 0 Å². The van der Waals surface area contributed by atoms with Crippen molar-refractivity contribution in [2.45, 2.75) is 181 Å². The number of fused-ring (bicyclic) bond motifs is 2. The number of piperidine rings is 1. The fourth-order valence-corrected chi connectivity index (χ4v) is 10.9. The zero-order valence-electron chi connectivity index (χ0n) is 50.7. The minimum atomic E-state index is -0.861. The first-order chi connectivity index (χ1) is 38.8. The third-order valence-electron chi connectivity index (χ3n) is 15.5. The van der Waals surface area contributed by atoms with Gasteiger partial charge in [-0.05, 0) is 107 Å². The standard InChI is InChI=1S/C37H49N5O7.C20H37N3O3.C3H8.C2H4O/c1-27(35(49-3)32-14-10-22-42(32)26-44)36(47)40-31(24-28-12-6-4-7-13-28)37(48)39-30-19-17-29(18-20-30)25-38-33(45)15-8-5-9-21-41(2)34(46)16-11-23-43;1-7-13(3)18(16(8-2)26-6)23(5)17(24)12-21-20(25)19-14-9-10-15(11-14)22(19)4;1-3-2;1-2-3/h4,6-7,11-13,16-20,23,26-27,31-32,35H,5,8-10,14-15,21-22,24-25H2,1-3H3,(H,38,45)(H,39,48)(H,40,47);13-16,18-19H,7-12H2,1-6H3,(H,21,25);3H2,1-2H3;2H,1H3/b16-11-;;;/t27?,31-,32?,35?;;;/m0.../s1. The Morgan fingerprint density at radius 2 is 1.48 bits per heavy atom. The van der Waals surface area contributed by atoms with Crippen LogP contribution < -0.4 is 21.3 Å². The van der Waals surface area contributed by atoms with Crippen LogP contribution in [-0.4, -0.2) is 171 Å². The molecule has 2 heterocycles. The van der Waals surface area contributed by atoms with Crippen molar-refractivity contribution >= 4 is 60.1 Å². The number of anilines is 1. The van der Waals surface area contributed by atoms with Gasteiger partial charge in [0.2, 0.25) is 41.9 Å². The average Bonchev–Trinajstić information content (AvgIpc) is 4.25. The molecule has 10 atom stereocenters. The van der Waals surface area contributed by atoms with E-state index < -0.39 is 18.1 Å². The Kier molecular flexibility index (Phi) is 34.2. The monoisotopic (exact) mass is 1130 g/mol. The van der Waals surface area contributed by atoms with Gasteiger partial charge in [-0.1, -0.05) is 103 Å². The van der Waals surface area contributed by atoms with Crippen molar-refractivity contribution in [2.75, 3.05) is 60.3 Å². The molecule has 2 aliphatic heterocycles. The Hall–Kier alpha value is -6.31. The fourth-order valence-electron chi connectivity index (χ4n) is 10.9. The first kappa shape index (κ1) is 70.8. The lowest BCUT2D eigenvalue weighted by Crippen LogP contribution is -2.54. The molecule has 2 aromatic carbocycles. The number of carbonyl (C=O) groups is 9. The first-order valence-corrected chi connectivity index (χ1v) is 29.1. The summed E-state index contributed by atoms with van der Waals surface area (Å²) in [5.74, 6) is -0.892. The van der Waals surface area contributed by atoms with E-state index in [9.17, 15) is 38.4 Å². The number of unbranched alkanes of at least 4 members (excludes halogenated alkanes) is 2. The van der Waals surface area contributed by atoms with E-state index in [-0.39, 0.29) is 72.6 Å². The van der Waals surface area contributed by atoms with E-state index in [0.29, 0.717) is 62.3 Å². The Bertz CT molecular complexity index is 2240. The zero-order valence-corrected chi connectivity index (χ0v) is 50.7. The Morgan fingerprint density at radius 1 is 0.815 bits per heavy atom. The van der Waals surface area contributed by atoms with Crippen LogP contribution >= 0.6 is 0 Å². The highest BCUT2D eigenvalue weighted by Gasteiger charge is 2.47. The van der Waals surface area contributed by atoms with Crippen LogP contribution in [0.4, 0.5) is 5.69 Å². The molecule has 4 N–H and O–H groups in total. The highest BCUT2D eigenvalue weighted by molar-refractivity contribution is 5.98. The van der Waals surface area contributed by atoms with Gasteiger partial charge in [0, 0.05) is 78.6 Å². The minimum absolute atomic E-state index is 0.000299. The van der Waals surface area contributed by atoms with E-state index in [2.05, 4.69) is 60.8 Å². The van der Waals surface area contributed by atoms with Gasteiger partial charge in [-0.3, -0.25) is 43.3 Å². The fraction of sp³-hybridized carbons (Fsp3) is 0.629. The van der Waals surface area contributed by atoms with Gasteiger partial charge in [-0.15, -0.1) is 0 Å². The summed E-state index contributed by atoms with van der Waals surface area (Å²) in [7, 11) is 8.77. The number of amides is 7. The third-order valence-corrected chi connectivity index (χ3v) is 15.5. The second-order valence-electron chi connectivity index (χ2n) is 21.4. The summed E-state index contributed by atoms with van der Waals surface area (Å²) in [6.45, 7) is 15.4. The molecule has 452 valence electrons. The molecule has 0 radical (unpaired) electrons. The molecule has 81 heavy (non-hydrogen) atoms. The van der Waals surface area contributed by atoms with Gasteiger partial charge in [0.05, 0.1) is 42.8 Å². The van der Waals surface area contributed by atoms with Gasteiger partial charge >= 0.3 is 0 Å². The van der Waals surface area contributed by atoms with Gasteiger partial charge < -0.3 is 50.2 Å². The SMILES string of the molecule is CC=O.CCC.CCC(C)C(C(CC)OC)N(C)C(=O)CNC(=O)C1C2CCC(C2)N1C.COC(C(C)C(=O)N[C@@H](Cc1ccccc1)C(=O)Nc1ccc(CNC(=O)CCCCCN(C)C(=O)/C=C\C=O)cc1)C1CCCN1C=O. The summed E-state index contributed by atoms with van der Waals surface area (Å²) in [6, 6.07) is 16.0. The molecule has 2 bridgehead atoms. The summed E-state index contributed by atoms with van der Waals surface area (Å²) in [5.41, 5.74) is 2.30. The number of likely N-dealkylation sites (tertiary alicyclic amines) is 2. The average molecular weight is 1130 g/mol. The van der Waals surface area contributed by atoms with Gasteiger partial charge in [0.1, 0.15) is 18.6 Å². The van der Waals surface area contributed by atoms with Crippen LogP contribution in [0.15, 0.2) is 66.7 Å². The van der Waals surface area contributed by atoms with Crippen LogP contribution in [0.5, 0.6) is 0 Å². The molecule has 1 aliphatic carbocycles. The van der Waals surface area contributed by atoms with Crippen LogP contribution in [0.3, 0.4) is 0 Å². The van der Waals surface area contributed by atoms with Gasteiger partial charge in [-0.2, -0.15) is 0 Å². The summed E-state index contributed by atoms with van der Waals surface area (Å²) in [6.07, 6.45) is 15.0. The Balaban J connectivity index is 0.000000584. The predicted octanol–water partition coefficient (Wildman–Crippen LogP) is 6.52. The van der Waals surface area contributed by atoms with Crippen LogP contribution in [0.2, 0.25) is 0 Å². The van der Waals surface area contributed by atoms with E-state index in [0.717, 1.165) is 75.2 Å². The quantitative estimate of drug-likeness (QED) is 0.0388. The second kappa shape index (κ2) is 39.2. The maximum absolute atomic E-state index is 13.5. The molecular weight excluding hydrogens is 1030 g/mol. The first-order valence-electron chi connectivity index (χ1n) is 29.1. The van der Waals surface area contributed by atoms with Crippen LogP contribution in [0.1, 0.15) is 137 Å². The lowest BCUT2D eigenvalue weighted by molar-refractivity contribution is -0.138. The predicted molar refractivity (Wildman–Crippen MR) is 317 cm³/mol. The van der Waals surface area contributed by atoms with Crippen LogP contribution in [0.25, 0.3) is 0 Å². The molecule has 19 heteroatoms. The van der Waals surface area contributed by atoms with E-state index in [4.69, 9.17) is 14.3 Å². The van der Waals surface area contributed by atoms with Crippen molar-refractivity contribution in [3.05, 3.63) is 77.9 Å². The summed E-state index contributed by atoms with van der Waals surface area (Å²) in [4.78, 5) is 114. The molecule has 1 saturated carbocycles. The van der Waals surface area contributed by atoms with Crippen molar-refractivity contribution in [1.29, 1.82) is 0 Å². The highest BCUT2D eigenvalue weighted by Crippen LogP contribution is 2.41. The molecule has 3 fully saturated rings. The molecule has 0 aromatic heterocycles. The van der Waals surface area contributed by atoms with E-state index in [1.54, 1.807) is 43.0 Å². The van der Waals surface area contributed by atoms with Gasteiger partial charge in [-0.25, -0.2) is 0 Å². The molecule has 2 saturated heterocycles. The number of hydrogen-bond acceptors (Lipinski definition) is 12. The van der Waals surface area contributed by atoms with Crippen molar-refractivity contribution in [3.63, 3.8) is 0 Å². The summed E-state index contributed by atoms with van der Waals surface area (Å²) in [5, 5.41) is 11.6. The number of aldehydes is 2. The van der Waals surface area contributed by atoms with Crippen molar-refractivity contribution < 1.29 is 52.6 Å². The summed E-state index contributed by atoms with van der Waals surface area (Å²) >= 11 is 0. The normalized spacial score (nSPS) is 19.2. The van der Waals surface area contributed by atoms with E-state index in [1.807, 2.05) is 56.6 Å². The molecule has 0 spiro atoms. The highest BCUT2D eigenvalue weighted by atomic mass is 16.5. The second-order valence-corrected chi connectivity index (χ2v) is 21.4. The lowest BCUT2D eigenvalue weighted by Gasteiger charge is -2.37. The summed E-state index contributed by atoms with van der Waals surface area (Å²) < 4.78 is 11.3. The van der Waals surface area contributed by atoms with Gasteiger partial charge in [0.25, 0.3) is 0 Å². The molecular formula is C62H98N8O11. The number of hydrogen-bond donors (Lipinski definition) is 4. The van der Waals surface area contributed by atoms with Crippen LogP contribution in [-0.2, 0) is 65.6 Å². The number of ether oxygens (including phenoxy) is 2. The number of carbonyl (C=O) groups excluding carboxylic acids is 9. The number of methoxy groups -OCH3 is 2.